The van der Waals surface area contributed by atoms with Gasteiger partial charge in [-0.05, 0) is 30.5 Å². The molecule has 0 spiro atoms. The predicted octanol–water partition coefficient (Wildman–Crippen LogP) is 2.72. The number of hydrogen-bond acceptors (Lipinski definition) is 7. The van der Waals surface area contributed by atoms with Crippen molar-refractivity contribution in [1.82, 2.24) is 9.88 Å². The normalized spacial score (nSPS) is 14.6. The summed E-state index contributed by atoms with van der Waals surface area (Å²) >= 11 is 3.16. The number of nitrogens with two attached hydrogens (primary N) is 1. The van der Waals surface area contributed by atoms with Gasteiger partial charge in [0.15, 0.2) is 0 Å². The van der Waals surface area contributed by atoms with Gasteiger partial charge in [-0.2, -0.15) is 0 Å². The minimum Gasteiger partial charge on any atom is -0.497 e. The number of thioether (sulfide) groups is 1. The lowest BCUT2D eigenvalue weighted by Gasteiger charge is -2.30. The van der Waals surface area contributed by atoms with E-state index in [2.05, 4.69) is 4.98 Å². The molecule has 156 valence electrons. The van der Waals surface area contributed by atoms with Gasteiger partial charge in [0.25, 0.3) is 0 Å². The number of thiazole rings is 1. The Labute approximate surface area is 178 Å². The Hall–Kier alpha value is -2.26. The number of carbonyl (C=O) groups is 2. The summed E-state index contributed by atoms with van der Waals surface area (Å²) in [6.07, 6.45) is 1.57. The van der Waals surface area contributed by atoms with Gasteiger partial charge in [-0.1, -0.05) is 11.8 Å². The lowest BCUT2D eigenvalue weighted by atomic mass is 9.96. The average molecular weight is 436 g/mol. The summed E-state index contributed by atoms with van der Waals surface area (Å²) in [6, 6.07) is 5.79. The van der Waals surface area contributed by atoms with E-state index in [4.69, 9.17) is 15.2 Å². The van der Waals surface area contributed by atoms with Crippen molar-refractivity contribution in [3.05, 3.63) is 34.8 Å². The molecule has 1 aliphatic heterocycles. The zero-order chi connectivity index (χ0) is 20.8. The largest absolute Gasteiger partial charge is 0.497 e. The van der Waals surface area contributed by atoms with Crippen LogP contribution in [0.3, 0.4) is 0 Å². The fourth-order valence-corrected chi connectivity index (χ4v) is 4.99. The molecule has 1 aliphatic rings. The average Bonchev–Trinajstić information content (AvgIpc) is 3.19. The zero-order valence-corrected chi connectivity index (χ0v) is 18.2. The number of carbonyl (C=O) groups excluding carboxylic acids is 2. The van der Waals surface area contributed by atoms with Crippen LogP contribution in [-0.2, 0) is 21.8 Å². The molecule has 3 rings (SSSR count). The summed E-state index contributed by atoms with van der Waals surface area (Å²) < 4.78 is 11.5. The number of benzene rings is 1. The number of ether oxygens (including phenoxy) is 2. The van der Waals surface area contributed by atoms with Crippen LogP contribution in [0.2, 0.25) is 0 Å². The molecule has 0 unspecified atom stereocenters. The van der Waals surface area contributed by atoms with Gasteiger partial charge < -0.3 is 20.1 Å². The van der Waals surface area contributed by atoms with Gasteiger partial charge in [0, 0.05) is 36.2 Å². The highest BCUT2D eigenvalue weighted by Crippen LogP contribution is 2.30. The number of piperidine rings is 1. The van der Waals surface area contributed by atoms with E-state index in [0.717, 1.165) is 32.8 Å². The Morgan fingerprint density at radius 2 is 1.86 bits per heavy atom. The molecule has 0 atom stereocenters. The Morgan fingerprint density at radius 1 is 1.21 bits per heavy atom. The number of amides is 2. The third-order valence-electron chi connectivity index (χ3n) is 4.89. The molecule has 1 aromatic carbocycles. The fraction of sp³-hybridized carbons (Fsp3) is 0.450. The van der Waals surface area contributed by atoms with Crippen LogP contribution in [0.4, 0.5) is 0 Å². The molecule has 1 aromatic heterocycles. The number of likely N-dealkylation sites (tertiary alicyclic amines) is 1. The molecular formula is C20H25N3O4S2. The van der Waals surface area contributed by atoms with E-state index < -0.39 is 0 Å². The third kappa shape index (κ3) is 5.86. The molecule has 0 aliphatic carbocycles. The van der Waals surface area contributed by atoms with Crippen molar-refractivity contribution in [3.63, 3.8) is 0 Å². The fourth-order valence-electron chi connectivity index (χ4n) is 3.21. The Morgan fingerprint density at radius 3 is 2.45 bits per heavy atom. The van der Waals surface area contributed by atoms with Gasteiger partial charge in [0.1, 0.15) is 15.8 Å². The number of nitrogens with zero attached hydrogens (tertiary/aromatic N) is 2. The highest BCUT2D eigenvalue weighted by molar-refractivity contribution is 8.00. The molecule has 7 nitrogen and oxygen atoms in total. The van der Waals surface area contributed by atoms with Gasteiger partial charge in [-0.25, -0.2) is 4.98 Å². The summed E-state index contributed by atoms with van der Waals surface area (Å²) in [7, 11) is 3.26. The molecule has 2 N–H and O–H groups in total. The molecule has 0 bridgehead atoms. The van der Waals surface area contributed by atoms with Crippen molar-refractivity contribution < 1.29 is 19.1 Å². The first-order valence-electron chi connectivity index (χ1n) is 9.34. The van der Waals surface area contributed by atoms with E-state index in [9.17, 15) is 9.59 Å². The van der Waals surface area contributed by atoms with Gasteiger partial charge in [-0.3, -0.25) is 9.59 Å². The van der Waals surface area contributed by atoms with Crippen LogP contribution in [0.1, 0.15) is 24.1 Å². The number of methoxy groups -OCH3 is 2. The molecule has 1 fully saturated rings. The van der Waals surface area contributed by atoms with Crippen molar-refractivity contribution in [1.29, 1.82) is 0 Å². The molecule has 29 heavy (non-hydrogen) atoms. The van der Waals surface area contributed by atoms with Crippen LogP contribution in [0.15, 0.2) is 27.9 Å². The quantitative estimate of drug-likeness (QED) is 0.641. The predicted molar refractivity (Wildman–Crippen MR) is 113 cm³/mol. The number of aromatic nitrogens is 1. The lowest BCUT2D eigenvalue weighted by molar-refractivity contribution is -0.134. The monoisotopic (exact) mass is 435 g/mol. The van der Waals surface area contributed by atoms with Crippen LogP contribution in [0, 0.1) is 5.92 Å². The maximum absolute atomic E-state index is 12.5. The van der Waals surface area contributed by atoms with E-state index in [-0.39, 0.29) is 24.2 Å². The van der Waals surface area contributed by atoms with Gasteiger partial charge >= 0.3 is 0 Å². The van der Waals surface area contributed by atoms with E-state index in [1.807, 2.05) is 23.6 Å². The molecule has 0 saturated carbocycles. The smallest absolute Gasteiger partial charge is 0.228 e. The van der Waals surface area contributed by atoms with Crippen molar-refractivity contribution in [2.45, 2.75) is 29.4 Å². The van der Waals surface area contributed by atoms with Crippen molar-refractivity contribution in [3.8, 4) is 11.5 Å². The number of rotatable bonds is 8. The van der Waals surface area contributed by atoms with Crippen LogP contribution < -0.4 is 15.2 Å². The summed E-state index contributed by atoms with van der Waals surface area (Å²) in [5, 5.41) is 1.93. The topological polar surface area (TPSA) is 94.8 Å². The number of primary amides is 1. The van der Waals surface area contributed by atoms with E-state index in [1.54, 1.807) is 30.9 Å². The molecule has 2 heterocycles. The van der Waals surface area contributed by atoms with E-state index in [0.29, 0.717) is 25.9 Å². The molecular weight excluding hydrogens is 410 g/mol. The minimum absolute atomic E-state index is 0.0484. The van der Waals surface area contributed by atoms with Crippen molar-refractivity contribution >= 4 is 34.9 Å². The third-order valence-corrected chi connectivity index (χ3v) is 7.03. The molecule has 0 radical (unpaired) electrons. The second kappa shape index (κ2) is 9.98. The Bertz CT molecular complexity index is 841. The molecule has 2 amide bonds. The highest BCUT2D eigenvalue weighted by Gasteiger charge is 2.26. The second-order valence-electron chi connectivity index (χ2n) is 6.85. The first kappa shape index (κ1) is 21.4. The van der Waals surface area contributed by atoms with Crippen LogP contribution in [0.5, 0.6) is 11.5 Å². The van der Waals surface area contributed by atoms with Gasteiger partial charge in [0.05, 0.1) is 26.3 Å². The summed E-state index contributed by atoms with van der Waals surface area (Å²) in [4.78, 5) is 30.2. The van der Waals surface area contributed by atoms with Gasteiger partial charge in [0.2, 0.25) is 11.8 Å². The highest BCUT2D eigenvalue weighted by atomic mass is 32.2. The SMILES string of the molecule is COc1cc(CSc2nc(CC(=O)N3CCC(C(N)=O)CC3)cs2)cc(OC)c1. The van der Waals surface area contributed by atoms with Crippen LogP contribution >= 0.6 is 23.1 Å². The maximum atomic E-state index is 12.5. The van der Waals surface area contributed by atoms with E-state index >= 15 is 0 Å². The van der Waals surface area contributed by atoms with Crippen molar-refractivity contribution in [2.24, 2.45) is 11.7 Å². The van der Waals surface area contributed by atoms with Crippen molar-refractivity contribution in [2.75, 3.05) is 27.3 Å². The van der Waals surface area contributed by atoms with Crippen LogP contribution in [-0.4, -0.2) is 49.0 Å². The Balaban J connectivity index is 1.52. The lowest BCUT2D eigenvalue weighted by Crippen LogP contribution is -2.42. The van der Waals surface area contributed by atoms with Crippen LogP contribution in [0.25, 0.3) is 0 Å². The second-order valence-corrected chi connectivity index (χ2v) is 8.93. The first-order valence-corrected chi connectivity index (χ1v) is 11.2. The summed E-state index contributed by atoms with van der Waals surface area (Å²) in [6.45, 7) is 1.16. The first-order chi connectivity index (χ1) is 14.0. The number of hydrogen-bond donors (Lipinski definition) is 1. The maximum Gasteiger partial charge on any atom is 0.228 e. The standard InChI is InChI=1S/C20H25N3O4S2/c1-26-16-7-13(8-17(10-16)27-2)11-28-20-22-15(12-29-20)9-18(24)23-5-3-14(4-6-23)19(21)25/h7-8,10,12,14H,3-6,9,11H2,1-2H3,(H2,21,25). The summed E-state index contributed by atoms with van der Waals surface area (Å²) in [5.41, 5.74) is 7.21. The molecule has 2 aromatic rings. The zero-order valence-electron chi connectivity index (χ0n) is 16.6. The summed E-state index contributed by atoms with van der Waals surface area (Å²) in [5.74, 6) is 1.90. The van der Waals surface area contributed by atoms with Gasteiger partial charge in [-0.15, -0.1) is 11.3 Å². The molecule has 1 saturated heterocycles. The molecule has 9 heteroatoms. The minimum atomic E-state index is -0.271. The Kier molecular flexibility index (Phi) is 7.38. The van der Waals surface area contributed by atoms with E-state index in [1.165, 1.54) is 11.3 Å².